The fourth-order valence-corrected chi connectivity index (χ4v) is 4.72. The van der Waals surface area contributed by atoms with Crippen LogP contribution in [0.4, 0.5) is 10.1 Å². The van der Waals surface area contributed by atoms with Gasteiger partial charge in [0, 0.05) is 24.0 Å². The molecule has 2 aromatic rings. The highest BCUT2D eigenvalue weighted by molar-refractivity contribution is 6.41. The van der Waals surface area contributed by atoms with E-state index >= 15 is 0 Å². The first-order valence-corrected chi connectivity index (χ1v) is 11.3. The van der Waals surface area contributed by atoms with Crippen LogP contribution in [0, 0.1) is 11.7 Å². The molecule has 0 aromatic heterocycles. The molecule has 0 spiro atoms. The summed E-state index contributed by atoms with van der Waals surface area (Å²) >= 11 is 12.5. The van der Waals surface area contributed by atoms with E-state index in [1.54, 1.807) is 35.3 Å². The molecule has 1 saturated heterocycles. The predicted octanol–water partition coefficient (Wildman–Crippen LogP) is 6.01. The molecule has 2 heterocycles. The van der Waals surface area contributed by atoms with Crippen molar-refractivity contribution in [2.75, 3.05) is 18.1 Å². The van der Waals surface area contributed by atoms with E-state index in [1.807, 2.05) is 11.9 Å². The van der Waals surface area contributed by atoms with Crippen molar-refractivity contribution in [3.63, 3.8) is 0 Å². The van der Waals surface area contributed by atoms with E-state index in [4.69, 9.17) is 23.2 Å². The first-order valence-electron chi connectivity index (χ1n) is 10.6. The van der Waals surface area contributed by atoms with Gasteiger partial charge in [-0.2, -0.15) is 5.10 Å². The third-order valence-electron chi connectivity index (χ3n) is 5.85. The fourth-order valence-electron chi connectivity index (χ4n) is 4.23. The van der Waals surface area contributed by atoms with E-state index in [9.17, 15) is 9.18 Å². The molecule has 172 valence electrons. The van der Waals surface area contributed by atoms with Gasteiger partial charge in [-0.1, -0.05) is 55.1 Å². The Hall–Kier alpha value is -1.86. The summed E-state index contributed by atoms with van der Waals surface area (Å²) in [5.74, 6) is -0.760. The highest BCUT2D eigenvalue weighted by atomic mass is 35.5. The number of hydrazone groups is 1. The zero-order chi connectivity index (χ0) is 22.0. The Kier molecular flexibility index (Phi) is 8.39. The van der Waals surface area contributed by atoms with Crippen LogP contribution in [0.3, 0.4) is 0 Å². The van der Waals surface area contributed by atoms with Crippen molar-refractivity contribution < 1.29 is 9.18 Å². The SMILES string of the molecule is C[C@H]1C(C(=O)NN2CCCCCC2)=NN(c2ccc(Cl)cc2Cl)[C@@H]1c1ccc(F)cc1.Cl. The number of nitrogens with one attached hydrogen (secondary N) is 1. The van der Waals surface area contributed by atoms with Crippen LogP contribution >= 0.6 is 35.6 Å². The maximum Gasteiger partial charge on any atom is 0.282 e. The number of hydrogen-bond donors (Lipinski definition) is 1. The van der Waals surface area contributed by atoms with Crippen molar-refractivity contribution in [1.82, 2.24) is 10.4 Å². The zero-order valence-electron chi connectivity index (χ0n) is 17.7. The highest BCUT2D eigenvalue weighted by Gasteiger charge is 2.40. The molecule has 2 atom stereocenters. The van der Waals surface area contributed by atoms with Gasteiger partial charge in [0.2, 0.25) is 0 Å². The Balaban J connectivity index is 0.00000289. The molecule has 0 bridgehead atoms. The number of benzene rings is 2. The van der Waals surface area contributed by atoms with Gasteiger partial charge in [0.25, 0.3) is 5.91 Å². The molecule has 2 aromatic carbocycles. The van der Waals surface area contributed by atoms with Gasteiger partial charge in [0.1, 0.15) is 11.5 Å². The molecule has 9 heteroatoms. The second-order valence-electron chi connectivity index (χ2n) is 8.05. The maximum absolute atomic E-state index is 13.6. The average Bonchev–Trinajstić information content (AvgIpc) is 2.89. The van der Waals surface area contributed by atoms with Crippen molar-refractivity contribution >= 4 is 52.9 Å². The second-order valence-corrected chi connectivity index (χ2v) is 8.90. The second kappa shape index (κ2) is 10.8. The van der Waals surface area contributed by atoms with E-state index in [0.717, 1.165) is 31.5 Å². The van der Waals surface area contributed by atoms with Crippen LogP contribution in [0.15, 0.2) is 47.6 Å². The van der Waals surface area contributed by atoms with E-state index in [2.05, 4.69) is 10.5 Å². The minimum Gasteiger partial charge on any atom is -0.284 e. The van der Waals surface area contributed by atoms with Crippen molar-refractivity contribution in [3.8, 4) is 0 Å². The van der Waals surface area contributed by atoms with Gasteiger partial charge in [-0.15, -0.1) is 12.4 Å². The monoisotopic (exact) mass is 498 g/mol. The minimum atomic E-state index is -0.314. The quantitative estimate of drug-likeness (QED) is 0.560. The molecule has 2 aliphatic heterocycles. The number of rotatable bonds is 4. The minimum absolute atomic E-state index is 0. The lowest BCUT2D eigenvalue weighted by molar-refractivity contribution is -0.119. The van der Waals surface area contributed by atoms with Crippen LogP contribution in [0.2, 0.25) is 10.0 Å². The first-order chi connectivity index (χ1) is 14.9. The Morgan fingerprint density at radius 1 is 1.06 bits per heavy atom. The van der Waals surface area contributed by atoms with Crippen LogP contribution in [0.5, 0.6) is 0 Å². The first kappa shape index (κ1) is 24.8. The highest BCUT2D eigenvalue weighted by Crippen LogP contribution is 2.42. The third kappa shape index (κ3) is 5.37. The van der Waals surface area contributed by atoms with E-state index in [1.165, 1.54) is 25.0 Å². The summed E-state index contributed by atoms with van der Waals surface area (Å²) in [5.41, 5.74) is 4.94. The number of carbonyl (C=O) groups is 1. The lowest BCUT2D eigenvalue weighted by Crippen LogP contribution is -2.46. The molecule has 0 radical (unpaired) electrons. The molecule has 0 aliphatic carbocycles. The zero-order valence-corrected chi connectivity index (χ0v) is 20.1. The number of nitrogens with zero attached hydrogens (tertiary/aromatic N) is 3. The summed E-state index contributed by atoms with van der Waals surface area (Å²) in [5, 5.41) is 9.37. The van der Waals surface area contributed by atoms with Gasteiger partial charge in [-0.05, 0) is 48.7 Å². The van der Waals surface area contributed by atoms with E-state index < -0.39 is 0 Å². The van der Waals surface area contributed by atoms with Crippen LogP contribution in [-0.4, -0.2) is 29.7 Å². The lowest BCUT2D eigenvalue weighted by Gasteiger charge is -2.27. The molecule has 1 fully saturated rings. The summed E-state index contributed by atoms with van der Waals surface area (Å²) in [7, 11) is 0. The van der Waals surface area contributed by atoms with Crippen molar-refractivity contribution in [3.05, 3.63) is 63.9 Å². The van der Waals surface area contributed by atoms with Gasteiger partial charge in [-0.25, -0.2) is 9.40 Å². The van der Waals surface area contributed by atoms with Crippen LogP contribution in [0.25, 0.3) is 0 Å². The lowest BCUT2D eigenvalue weighted by atomic mass is 9.91. The van der Waals surface area contributed by atoms with Crippen molar-refractivity contribution in [1.29, 1.82) is 0 Å². The van der Waals surface area contributed by atoms with Gasteiger partial charge < -0.3 is 0 Å². The summed E-state index contributed by atoms with van der Waals surface area (Å²) in [6.07, 6.45) is 4.48. The predicted molar refractivity (Wildman–Crippen MR) is 130 cm³/mol. The number of hydrazine groups is 1. The van der Waals surface area contributed by atoms with Gasteiger partial charge >= 0.3 is 0 Å². The Bertz CT molecular complexity index is 978. The molecule has 0 saturated carbocycles. The van der Waals surface area contributed by atoms with Gasteiger partial charge in [-0.3, -0.25) is 15.2 Å². The largest absolute Gasteiger partial charge is 0.284 e. The molecule has 0 unspecified atom stereocenters. The summed E-state index contributed by atoms with van der Waals surface area (Å²) in [6.45, 7) is 3.63. The third-order valence-corrected chi connectivity index (χ3v) is 6.39. The number of carbonyl (C=O) groups excluding carboxylic acids is 1. The Morgan fingerprint density at radius 3 is 2.34 bits per heavy atom. The smallest absolute Gasteiger partial charge is 0.282 e. The molecule has 1 amide bonds. The molecule has 32 heavy (non-hydrogen) atoms. The summed E-state index contributed by atoms with van der Waals surface area (Å²) in [6, 6.07) is 11.1. The number of hydrogen-bond acceptors (Lipinski definition) is 4. The van der Waals surface area contributed by atoms with Crippen LogP contribution < -0.4 is 10.4 Å². The number of amides is 1. The average molecular weight is 500 g/mol. The standard InChI is InChI=1S/C23H25Cl2FN4O.ClH/c1-15-21(23(31)28-29-12-4-2-3-5-13-29)27-30(20-11-8-17(24)14-19(20)25)22(15)16-6-9-18(26)10-7-16;/h6-11,14-15,22H,2-5,12-13H2,1H3,(H,28,31);1H/t15-,22-;/m0./s1. The molecule has 1 N–H and O–H groups in total. The van der Waals surface area contributed by atoms with E-state index in [-0.39, 0.29) is 36.1 Å². The number of halogens is 4. The Labute approximate surface area is 203 Å². The van der Waals surface area contributed by atoms with Crippen molar-refractivity contribution in [2.24, 2.45) is 11.0 Å². The molecular formula is C23H26Cl3FN4O. The topological polar surface area (TPSA) is 47.9 Å². The van der Waals surface area contributed by atoms with Crippen molar-refractivity contribution in [2.45, 2.75) is 38.6 Å². The fraction of sp³-hybridized carbons (Fsp3) is 0.391. The van der Waals surface area contributed by atoms with E-state index in [0.29, 0.717) is 21.4 Å². The molecule has 2 aliphatic rings. The molecule has 5 nitrogen and oxygen atoms in total. The maximum atomic E-state index is 13.6. The molecular weight excluding hydrogens is 474 g/mol. The normalized spacial score (nSPS) is 21.5. The summed E-state index contributed by atoms with van der Waals surface area (Å²) in [4.78, 5) is 13.2. The summed E-state index contributed by atoms with van der Waals surface area (Å²) < 4.78 is 13.6. The van der Waals surface area contributed by atoms with Gasteiger partial charge in [0.15, 0.2) is 0 Å². The van der Waals surface area contributed by atoms with Gasteiger partial charge in [0.05, 0.1) is 16.8 Å². The Morgan fingerprint density at radius 2 is 1.72 bits per heavy atom. The molecule has 4 rings (SSSR count). The van der Waals surface area contributed by atoms with Crippen LogP contribution in [-0.2, 0) is 4.79 Å². The number of anilines is 1. The van der Waals surface area contributed by atoms with Crippen LogP contribution in [0.1, 0.15) is 44.2 Å².